The summed E-state index contributed by atoms with van der Waals surface area (Å²) < 4.78 is 7.03. The number of amides is 1. The van der Waals surface area contributed by atoms with Crippen LogP contribution in [0.4, 0.5) is 11.4 Å². The van der Waals surface area contributed by atoms with Gasteiger partial charge in [-0.25, -0.2) is 0 Å². The van der Waals surface area contributed by atoms with Crippen molar-refractivity contribution in [3.8, 4) is 16.3 Å². The van der Waals surface area contributed by atoms with Crippen LogP contribution < -0.4 is 10.1 Å². The van der Waals surface area contributed by atoms with Crippen molar-refractivity contribution in [3.63, 3.8) is 0 Å². The Bertz CT molecular complexity index is 1220. The topological polar surface area (TPSA) is 125 Å². The van der Waals surface area contributed by atoms with Crippen LogP contribution in [0.2, 0.25) is 0 Å². The second-order valence-electron chi connectivity index (χ2n) is 6.21. The van der Waals surface area contributed by atoms with Crippen molar-refractivity contribution in [2.24, 2.45) is 0 Å². The summed E-state index contributed by atoms with van der Waals surface area (Å²) in [5.74, 6) is 0.421. The highest BCUT2D eigenvalue weighted by Gasteiger charge is 2.15. The highest BCUT2D eigenvalue weighted by molar-refractivity contribution is 7.19. The van der Waals surface area contributed by atoms with Crippen molar-refractivity contribution in [1.82, 2.24) is 19.8 Å². The van der Waals surface area contributed by atoms with Gasteiger partial charge in [-0.15, -0.1) is 10.2 Å². The van der Waals surface area contributed by atoms with Crippen LogP contribution in [0.1, 0.15) is 12.7 Å². The maximum absolute atomic E-state index is 12.1. The van der Waals surface area contributed by atoms with Gasteiger partial charge in [0.05, 0.1) is 4.92 Å². The Kier molecular flexibility index (Phi) is 5.35. The molecule has 0 radical (unpaired) electrons. The predicted octanol–water partition coefficient (Wildman–Crippen LogP) is 3.34. The van der Waals surface area contributed by atoms with Crippen LogP contribution in [0.3, 0.4) is 0 Å². The molecule has 4 aromatic rings. The van der Waals surface area contributed by atoms with E-state index >= 15 is 0 Å². The van der Waals surface area contributed by atoms with E-state index < -0.39 is 10.8 Å². The number of aromatic nitrogens is 4. The molecular formula is C19H16N6O4S. The van der Waals surface area contributed by atoms with Crippen LogP contribution in [-0.2, 0) is 11.2 Å². The minimum absolute atomic E-state index is 0.0442. The number of para-hydroxylation sites is 2. The molecule has 0 unspecified atom stereocenters. The fraction of sp³-hybridized carbons (Fsp3) is 0.158. The summed E-state index contributed by atoms with van der Waals surface area (Å²) in [4.78, 5) is 23.3. The molecule has 2 heterocycles. The number of hydrogen-bond donors (Lipinski definition) is 1. The predicted molar refractivity (Wildman–Crippen MR) is 111 cm³/mol. The number of nitrogens with one attached hydrogen (secondary N) is 1. The number of nitro groups is 1. The van der Waals surface area contributed by atoms with Crippen LogP contribution in [0.15, 0.2) is 48.5 Å². The highest BCUT2D eigenvalue weighted by atomic mass is 32.1. The Labute approximate surface area is 174 Å². The molecule has 0 saturated heterocycles. The molecule has 0 fully saturated rings. The second-order valence-corrected chi connectivity index (χ2v) is 7.17. The molecule has 2 aromatic heterocycles. The van der Waals surface area contributed by atoms with Gasteiger partial charge in [0.1, 0.15) is 5.01 Å². The molecule has 1 amide bonds. The fourth-order valence-corrected chi connectivity index (χ4v) is 3.62. The smallest absolute Gasteiger partial charge is 0.310 e. The molecule has 0 aliphatic carbocycles. The minimum atomic E-state index is -0.554. The summed E-state index contributed by atoms with van der Waals surface area (Å²) in [5, 5.41) is 27.2. The molecule has 11 heteroatoms. The maximum Gasteiger partial charge on any atom is 0.310 e. The normalized spacial score (nSPS) is 10.8. The van der Waals surface area contributed by atoms with Crippen molar-refractivity contribution in [2.75, 3.05) is 11.9 Å². The van der Waals surface area contributed by atoms with Crippen molar-refractivity contribution in [2.45, 2.75) is 13.3 Å². The fourth-order valence-electron chi connectivity index (χ4n) is 2.76. The zero-order chi connectivity index (χ0) is 21.1. The Morgan fingerprint density at radius 1 is 1.20 bits per heavy atom. The summed E-state index contributed by atoms with van der Waals surface area (Å²) in [7, 11) is 0. The van der Waals surface area contributed by atoms with Crippen LogP contribution in [0, 0.1) is 10.1 Å². The standard InChI is InChI=1S/C19H16N6O4S/c1-2-16-21-22-19-24(16)23-18(30-19)12-7-9-13(10-8-12)20-17(26)11-29-15-6-4-3-5-14(15)25(27)28/h3-10H,2,11H2,1H3,(H,20,26). The average Bonchev–Trinajstić information content (AvgIpc) is 3.33. The minimum Gasteiger partial charge on any atom is -0.477 e. The van der Waals surface area contributed by atoms with E-state index in [2.05, 4.69) is 20.6 Å². The second kappa shape index (κ2) is 8.25. The van der Waals surface area contributed by atoms with Gasteiger partial charge in [-0.3, -0.25) is 14.9 Å². The number of carbonyl (C=O) groups excluding carboxylic acids is 1. The lowest BCUT2D eigenvalue weighted by Crippen LogP contribution is -2.20. The Morgan fingerprint density at radius 2 is 1.97 bits per heavy atom. The van der Waals surface area contributed by atoms with Gasteiger partial charge in [0.15, 0.2) is 18.2 Å². The summed E-state index contributed by atoms with van der Waals surface area (Å²) in [6, 6.07) is 13.1. The van der Waals surface area contributed by atoms with Gasteiger partial charge in [0.25, 0.3) is 5.91 Å². The number of anilines is 1. The molecule has 0 spiro atoms. The van der Waals surface area contributed by atoms with Crippen LogP contribution >= 0.6 is 11.3 Å². The van der Waals surface area contributed by atoms with Gasteiger partial charge >= 0.3 is 5.69 Å². The zero-order valence-corrected chi connectivity index (χ0v) is 16.6. The van der Waals surface area contributed by atoms with Crippen molar-refractivity contribution < 1.29 is 14.5 Å². The van der Waals surface area contributed by atoms with E-state index in [1.54, 1.807) is 22.7 Å². The molecule has 0 aliphatic rings. The van der Waals surface area contributed by atoms with Crippen molar-refractivity contribution in [1.29, 1.82) is 0 Å². The molecule has 0 saturated carbocycles. The lowest BCUT2D eigenvalue weighted by atomic mass is 10.2. The third-order valence-electron chi connectivity index (χ3n) is 4.21. The van der Waals surface area contributed by atoms with Gasteiger partial charge in [-0.1, -0.05) is 30.4 Å². The first-order chi connectivity index (χ1) is 14.5. The van der Waals surface area contributed by atoms with E-state index in [1.165, 1.54) is 29.5 Å². The van der Waals surface area contributed by atoms with Crippen LogP contribution in [-0.4, -0.2) is 37.2 Å². The summed E-state index contributed by atoms with van der Waals surface area (Å²) in [5.41, 5.74) is 1.28. The van der Waals surface area contributed by atoms with E-state index in [0.29, 0.717) is 5.69 Å². The van der Waals surface area contributed by atoms with Crippen molar-refractivity contribution in [3.05, 3.63) is 64.5 Å². The summed E-state index contributed by atoms with van der Waals surface area (Å²) in [6.45, 7) is 1.65. The van der Waals surface area contributed by atoms with E-state index in [4.69, 9.17) is 4.74 Å². The lowest BCUT2D eigenvalue weighted by molar-refractivity contribution is -0.385. The Morgan fingerprint density at radius 3 is 2.70 bits per heavy atom. The number of rotatable bonds is 7. The zero-order valence-electron chi connectivity index (χ0n) is 15.8. The average molecular weight is 424 g/mol. The number of fused-ring (bicyclic) bond motifs is 1. The van der Waals surface area contributed by atoms with Gasteiger partial charge in [-0.05, 0) is 30.3 Å². The molecule has 152 valence electrons. The van der Waals surface area contributed by atoms with Gasteiger partial charge in [-0.2, -0.15) is 9.61 Å². The molecular weight excluding hydrogens is 408 g/mol. The molecule has 2 aromatic carbocycles. The quantitative estimate of drug-likeness (QED) is 0.356. The molecule has 30 heavy (non-hydrogen) atoms. The number of carbonyl (C=O) groups is 1. The van der Waals surface area contributed by atoms with Gasteiger partial charge < -0.3 is 10.1 Å². The first kappa shape index (κ1) is 19.5. The third kappa shape index (κ3) is 3.96. The van der Waals surface area contributed by atoms with Gasteiger partial charge in [0.2, 0.25) is 4.96 Å². The monoisotopic (exact) mass is 424 g/mol. The van der Waals surface area contributed by atoms with E-state index in [-0.39, 0.29) is 18.0 Å². The number of aryl methyl sites for hydroxylation is 1. The Balaban J connectivity index is 1.40. The van der Waals surface area contributed by atoms with Crippen LogP contribution in [0.25, 0.3) is 15.5 Å². The largest absolute Gasteiger partial charge is 0.477 e. The molecule has 4 rings (SSSR count). The lowest BCUT2D eigenvalue weighted by Gasteiger charge is -2.08. The molecule has 0 atom stereocenters. The van der Waals surface area contributed by atoms with Crippen molar-refractivity contribution >= 4 is 33.6 Å². The first-order valence-electron chi connectivity index (χ1n) is 9.02. The molecule has 10 nitrogen and oxygen atoms in total. The van der Waals surface area contributed by atoms with E-state index in [9.17, 15) is 14.9 Å². The molecule has 0 bridgehead atoms. The Hall–Kier alpha value is -3.86. The van der Waals surface area contributed by atoms with Gasteiger partial charge in [0, 0.05) is 23.7 Å². The van der Waals surface area contributed by atoms with E-state index in [1.807, 2.05) is 19.1 Å². The number of hydrogen-bond acceptors (Lipinski definition) is 8. The van der Waals surface area contributed by atoms with Crippen LogP contribution in [0.5, 0.6) is 5.75 Å². The summed E-state index contributed by atoms with van der Waals surface area (Å²) >= 11 is 1.43. The molecule has 0 aliphatic heterocycles. The van der Waals surface area contributed by atoms with E-state index in [0.717, 1.165) is 27.8 Å². The maximum atomic E-state index is 12.1. The third-order valence-corrected chi connectivity index (χ3v) is 5.16. The highest BCUT2D eigenvalue weighted by Crippen LogP contribution is 2.27. The number of nitro benzene ring substituents is 1. The number of benzene rings is 2. The number of nitrogens with zero attached hydrogens (tertiary/aromatic N) is 5. The SMILES string of the molecule is CCc1nnc2sc(-c3ccc(NC(=O)COc4ccccc4[N+](=O)[O-])cc3)nn12. The number of ether oxygens (including phenoxy) is 1. The first-order valence-corrected chi connectivity index (χ1v) is 9.84. The summed E-state index contributed by atoms with van der Waals surface area (Å²) in [6.07, 6.45) is 0.740. The molecule has 1 N–H and O–H groups in total.